The Bertz CT molecular complexity index is 582. The predicted octanol–water partition coefficient (Wildman–Crippen LogP) is 2.25. The summed E-state index contributed by atoms with van der Waals surface area (Å²) >= 11 is 0. The van der Waals surface area contributed by atoms with Gasteiger partial charge in [-0.05, 0) is 18.2 Å². The Morgan fingerprint density at radius 1 is 1.22 bits per heavy atom. The maximum Gasteiger partial charge on any atom is 0.267 e. The van der Waals surface area contributed by atoms with E-state index in [-0.39, 0.29) is 11.4 Å². The molecule has 0 aliphatic rings. The van der Waals surface area contributed by atoms with Crippen LogP contribution in [0, 0.1) is 11.6 Å². The molecule has 1 aromatic heterocycles. The number of carbonyl (C=O) groups is 1. The van der Waals surface area contributed by atoms with Crippen molar-refractivity contribution in [2.24, 2.45) is 5.73 Å². The van der Waals surface area contributed by atoms with Crippen molar-refractivity contribution in [2.75, 3.05) is 0 Å². The first-order chi connectivity index (χ1) is 8.58. The number of nitrogens with two attached hydrogens (primary N) is 1. The predicted molar refractivity (Wildman–Crippen MR) is 59.2 cm³/mol. The third-order valence-electron chi connectivity index (χ3n) is 2.12. The zero-order valence-electron chi connectivity index (χ0n) is 9.06. The summed E-state index contributed by atoms with van der Waals surface area (Å²) in [6.07, 6.45) is 1.26. The quantitative estimate of drug-likeness (QED) is 0.908. The fourth-order valence-electron chi connectivity index (χ4n) is 1.31. The van der Waals surface area contributed by atoms with E-state index in [9.17, 15) is 13.6 Å². The minimum absolute atomic E-state index is 0.0516. The van der Waals surface area contributed by atoms with Crippen LogP contribution in [0.4, 0.5) is 8.78 Å². The fraction of sp³-hybridized carbons (Fsp3) is 0. The van der Waals surface area contributed by atoms with Gasteiger partial charge in [0.25, 0.3) is 5.91 Å². The van der Waals surface area contributed by atoms with Crippen LogP contribution in [-0.4, -0.2) is 10.9 Å². The summed E-state index contributed by atoms with van der Waals surface area (Å²) < 4.78 is 31.7. The molecule has 0 aliphatic heterocycles. The van der Waals surface area contributed by atoms with Gasteiger partial charge in [0, 0.05) is 12.3 Å². The van der Waals surface area contributed by atoms with Crippen molar-refractivity contribution in [1.82, 2.24) is 4.98 Å². The van der Waals surface area contributed by atoms with E-state index in [2.05, 4.69) is 4.98 Å². The van der Waals surface area contributed by atoms with Crippen LogP contribution in [0.25, 0.3) is 0 Å². The highest BCUT2D eigenvalue weighted by molar-refractivity contribution is 5.91. The van der Waals surface area contributed by atoms with Gasteiger partial charge in [-0.25, -0.2) is 8.78 Å². The van der Waals surface area contributed by atoms with E-state index in [0.717, 1.165) is 12.1 Å². The normalized spacial score (nSPS) is 10.1. The summed E-state index contributed by atoms with van der Waals surface area (Å²) in [6, 6.07) is 5.91. The molecule has 0 saturated carbocycles. The second-order valence-electron chi connectivity index (χ2n) is 3.39. The third-order valence-corrected chi connectivity index (χ3v) is 2.12. The molecule has 4 nitrogen and oxygen atoms in total. The lowest BCUT2D eigenvalue weighted by molar-refractivity contribution is 0.0995. The molecular weight excluding hydrogens is 242 g/mol. The van der Waals surface area contributed by atoms with E-state index in [0.29, 0.717) is 0 Å². The SMILES string of the molecule is NC(=O)c1cc(Oc2c(F)cccc2F)ccn1. The minimum Gasteiger partial charge on any atom is -0.451 e. The van der Waals surface area contributed by atoms with Gasteiger partial charge in [0.2, 0.25) is 0 Å². The average Bonchev–Trinajstić information content (AvgIpc) is 2.34. The molecule has 0 spiro atoms. The number of primary amides is 1. The topological polar surface area (TPSA) is 65.2 Å². The molecule has 0 aliphatic carbocycles. The number of ether oxygens (including phenoxy) is 1. The first-order valence-electron chi connectivity index (χ1n) is 4.95. The average molecular weight is 250 g/mol. The zero-order valence-corrected chi connectivity index (χ0v) is 9.06. The molecule has 0 unspecified atom stereocenters. The molecule has 1 aromatic carbocycles. The van der Waals surface area contributed by atoms with Crippen molar-refractivity contribution >= 4 is 5.91 Å². The summed E-state index contributed by atoms with van der Waals surface area (Å²) in [5.74, 6) is -2.91. The molecule has 0 saturated heterocycles. The van der Waals surface area contributed by atoms with Crippen LogP contribution >= 0.6 is 0 Å². The Morgan fingerprint density at radius 3 is 2.50 bits per heavy atom. The van der Waals surface area contributed by atoms with Crippen LogP contribution in [0.3, 0.4) is 0 Å². The number of amides is 1. The lowest BCUT2D eigenvalue weighted by atomic mass is 10.3. The van der Waals surface area contributed by atoms with Gasteiger partial charge in [-0.1, -0.05) is 6.07 Å². The Balaban J connectivity index is 2.34. The first kappa shape index (κ1) is 12.0. The van der Waals surface area contributed by atoms with Crippen molar-refractivity contribution < 1.29 is 18.3 Å². The number of hydrogen-bond donors (Lipinski definition) is 1. The minimum atomic E-state index is -0.840. The van der Waals surface area contributed by atoms with Crippen molar-refractivity contribution in [3.05, 3.63) is 53.9 Å². The van der Waals surface area contributed by atoms with Crippen molar-refractivity contribution in [3.8, 4) is 11.5 Å². The first-order valence-corrected chi connectivity index (χ1v) is 4.95. The van der Waals surface area contributed by atoms with Gasteiger partial charge in [-0.15, -0.1) is 0 Å². The molecule has 18 heavy (non-hydrogen) atoms. The van der Waals surface area contributed by atoms with Gasteiger partial charge in [-0.3, -0.25) is 9.78 Å². The van der Waals surface area contributed by atoms with Crippen LogP contribution in [0.2, 0.25) is 0 Å². The van der Waals surface area contributed by atoms with Crippen LogP contribution in [0.1, 0.15) is 10.5 Å². The molecule has 1 heterocycles. The largest absolute Gasteiger partial charge is 0.451 e. The molecule has 1 amide bonds. The molecule has 2 N–H and O–H groups in total. The Kier molecular flexibility index (Phi) is 3.18. The van der Waals surface area contributed by atoms with E-state index in [4.69, 9.17) is 10.5 Å². The number of halogens is 2. The van der Waals surface area contributed by atoms with Crippen LogP contribution in [0.5, 0.6) is 11.5 Å². The number of carbonyl (C=O) groups excluding carboxylic acids is 1. The molecule has 6 heteroatoms. The maximum atomic E-state index is 13.3. The summed E-state index contributed by atoms with van der Waals surface area (Å²) in [5, 5.41) is 0. The molecule has 0 radical (unpaired) electrons. The number of rotatable bonds is 3. The molecule has 0 fully saturated rings. The van der Waals surface area contributed by atoms with Gasteiger partial charge in [0.15, 0.2) is 17.4 Å². The molecular formula is C12H8F2N2O2. The Morgan fingerprint density at radius 2 is 1.89 bits per heavy atom. The summed E-state index contributed by atoms with van der Waals surface area (Å²) in [7, 11) is 0. The monoisotopic (exact) mass is 250 g/mol. The van der Waals surface area contributed by atoms with Crippen molar-refractivity contribution in [2.45, 2.75) is 0 Å². The Hall–Kier alpha value is -2.50. The third kappa shape index (κ3) is 2.42. The zero-order chi connectivity index (χ0) is 13.1. The van der Waals surface area contributed by atoms with E-state index in [1.807, 2.05) is 0 Å². The van der Waals surface area contributed by atoms with Crippen molar-refractivity contribution in [3.63, 3.8) is 0 Å². The number of aromatic nitrogens is 1. The van der Waals surface area contributed by atoms with Gasteiger partial charge < -0.3 is 10.5 Å². The van der Waals surface area contributed by atoms with Crippen molar-refractivity contribution in [1.29, 1.82) is 0 Å². The molecule has 2 rings (SSSR count). The highest BCUT2D eigenvalue weighted by Crippen LogP contribution is 2.27. The van der Waals surface area contributed by atoms with E-state index >= 15 is 0 Å². The van der Waals surface area contributed by atoms with Crippen LogP contribution in [0.15, 0.2) is 36.5 Å². The van der Waals surface area contributed by atoms with Gasteiger partial charge in [0.05, 0.1) is 0 Å². The maximum absolute atomic E-state index is 13.3. The highest BCUT2D eigenvalue weighted by atomic mass is 19.1. The summed E-state index contributed by atoms with van der Waals surface area (Å²) in [6.45, 7) is 0. The fourth-order valence-corrected chi connectivity index (χ4v) is 1.31. The number of benzene rings is 1. The van der Waals surface area contributed by atoms with Crippen LogP contribution < -0.4 is 10.5 Å². The number of hydrogen-bond acceptors (Lipinski definition) is 3. The number of nitrogens with zero attached hydrogens (tertiary/aromatic N) is 1. The second kappa shape index (κ2) is 4.79. The summed E-state index contributed by atoms with van der Waals surface area (Å²) in [4.78, 5) is 14.6. The van der Waals surface area contributed by atoms with E-state index in [1.165, 1.54) is 24.4 Å². The van der Waals surface area contributed by atoms with Gasteiger partial charge in [-0.2, -0.15) is 0 Å². The van der Waals surface area contributed by atoms with Gasteiger partial charge >= 0.3 is 0 Å². The molecule has 2 aromatic rings. The highest BCUT2D eigenvalue weighted by Gasteiger charge is 2.12. The molecule has 0 atom stereocenters. The van der Waals surface area contributed by atoms with E-state index in [1.54, 1.807) is 0 Å². The lowest BCUT2D eigenvalue weighted by Gasteiger charge is -2.07. The van der Waals surface area contributed by atoms with Gasteiger partial charge in [0.1, 0.15) is 11.4 Å². The number of para-hydroxylation sites is 1. The molecule has 92 valence electrons. The molecule has 0 bridgehead atoms. The van der Waals surface area contributed by atoms with Crippen LogP contribution in [-0.2, 0) is 0 Å². The standard InChI is InChI=1S/C12H8F2N2O2/c13-8-2-1-3-9(14)11(8)18-7-4-5-16-10(6-7)12(15)17/h1-6H,(H2,15,17). The smallest absolute Gasteiger partial charge is 0.267 e. The summed E-state index contributed by atoms with van der Waals surface area (Å²) in [5.41, 5.74) is 4.98. The lowest BCUT2D eigenvalue weighted by Crippen LogP contribution is -2.12. The number of pyridine rings is 1. The van der Waals surface area contributed by atoms with E-state index < -0.39 is 23.3 Å². The second-order valence-corrected chi connectivity index (χ2v) is 3.39. The Labute approximate surface area is 101 Å².